The number of hydrogen-bond donors (Lipinski definition) is 0. The van der Waals surface area contributed by atoms with Gasteiger partial charge in [-0.15, -0.1) is 0 Å². The molecule has 6 nitrogen and oxygen atoms in total. The zero-order valence-corrected chi connectivity index (χ0v) is 15.5. The zero-order valence-electron chi connectivity index (χ0n) is 13.9. The molecule has 1 unspecified atom stereocenters. The lowest BCUT2D eigenvalue weighted by atomic mass is 10.1. The van der Waals surface area contributed by atoms with Crippen molar-refractivity contribution in [3.05, 3.63) is 52.8 Å². The van der Waals surface area contributed by atoms with Crippen LogP contribution in [0, 0.1) is 6.92 Å². The highest BCUT2D eigenvalue weighted by molar-refractivity contribution is 7.88. The van der Waals surface area contributed by atoms with Crippen molar-refractivity contribution >= 4 is 21.6 Å². The fraction of sp³-hybridized carbons (Fsp3) is 0.412. The van der Waals surface area contributed by atoms with Crippen molar-refractivity contribution in [2.75, 3.05) is 13.1 Å². The first-order valence-electron chi connectivity index (χ1n) is 8.10. The third-order valence-electron chi connectivity index (χ3n) is 4.07. The summed E-state index contributed by atoms with van der Waals surface area (Å²) in [5.41, 5.74) is 1.89. The molecule has 134 valence electrons. The van der Waals surface area contributed by atoms with Gasteiger partial charge in [-0.3, -0.25) is 0 Å². The van der Waals surface area contributed by atoms with Crippen molar-refractivity contribution in [3.8, 4) is 6.01 Å². The Labute approximate surface area is 152 Å². The number of aryl methyl sites for hydroxylation is 1. The van der Waals surface area contributed by atoms with Gasteiger partial charge in [-0.1, -0.05) is 41.4 Å². The summed E-state index contributed by atoms with van der Waals surface area (Å²) in [6.07, 6.45) is 4.16. The molecule has 8 heteroatoms. The number of nitrogens with zero attached hydrogens (tertiary/aromatic N) is 3. The number of hydrogen-bond acceptors (Lipinski definition) is 5. The molecule has 0 bridgehead atoms. The van der Waals surface area contributed by atoms with Crippen LogP contribution in [0.4, 0.5) is 0 Å². The van der Waals surface area contributed by atoms with Crippen molar-refractivity contribution < 1.29 is 13.2 Å². The Bertz CT molecular complexity index is 810. The first-order valence-corrected chi connectivity index (χ1v) is 10.1. The maximum absolute atomic E-state index is 12.7. The largest absolute Gasteiger partial charge is 0.459 e. The smallest absolute Gasteiger partial charge is 0.316 e. The van der Waals surface area contributed by atoms with Gasteiger partial charge >= 0.3 is 6.01 Å². The summed E-state index contributed by atoms with van der Waals surface area (Å²) >= 11 is 5.76. The van der Waals surface area contributed by atoms with E-state index in [0.717, 1.165) is 24.0 Å². The number of ether oxygens (including phenoxy) is 1. The molecule has 0 N–H and O–H groups in total. The van der Waals surface area contributed by atoms with Crippen LogP contribution in [0.15, 0.2) is 36.7 Å². The van der Waals surface area contributed by atoms with Crippen LogP contribution < -0.4 is 4.74 Å². The highest BCUT2D eigenvalue weighted by Crippen LogP contribution is 2.20. The van der Waals surface area contributed by atoms with Crippen molar-refractivity contribution in [1.29, 1.82) is 0 Å². The molecule has 1 saturated heterocycles. The van der Waals surface area contributed by atoms with Crippen LogP contribution in [0.1, 0.15) is 24.0 Å². The van der Waals surface area contributed by atoms with Crippen molar-refractivity contribution in [2.24, 2.45) is 0 Å². The van der Waals surface area contributed by atoms with E-state index in [1.54, 1.807) is 0 Å². The monoisotopic (exact) mass is 381 g/mol. The molecule has 3 rings (SSSR count). The van der Waals surface area contributed by atoms with Crippen molar-refractivity contribution in [1.82, 2.24) is 14.3 Å². The van der Waals surface area contributed by atoms with Gasteiger partial charge < -0.3 is 4.74 Å². The number of halogens is 1. The van der Waals surface area contributed by atoms with Crippen LogP contribution >= 0.6 is 11.6 Å². The van der Waals surface area contributed by atoms with Gasteiger partial charge in [0.1, 0.15) is 6.10 Å². The Kier molecular flexibility index (Phi) is 5.56. The van der Waals surface area contributed by atoms with E-state index < -0.39 is 10.0 Å². The molecule has 1 aromatic heterocycles. The molecule has 1 aliphatic heterocycles. The van der Waals surface area contributed by atoms with Crippen LogP contribution in [0.2, 0.25) is 5.02 Å². The van der Waals surface area contributed by atoms with Gasteiger partial charge in [0.25, 0.3) is 0 Å². The first-order chi connectivity index (χ1) is 11.9. The fourth-order valence-electron chi connectivity index (χ4n) is 2.75. The normalized spacial score (nSPS) is 18.9. The number of benzene rings is 1. The molecular formula is C17H20ClN3O3S. The number of aromatic nitrogens is 2. The van der Waals surface area contributed by atoms with Crippen LogP contribution in [-0.4, -0.2) is 41.9 Å². The lowest BCUT2D eigenvalue weighted by Gasteiger charge is -2.31. The molecule has 0 saturated carbocycles. The average Bonchev–Trinajstić information content (AvgIpc) is 2.59. The Hall–Kier alpha value is -1.70. The van der Waals surface area contributed by atoms with E-state index in [-0.39, 0.29) is 17.9 Å². The Morgan fingerprint density at radius 1 is 1.24 bits per heavy atom. The highest BCUT2D eigenvalue weighted by atomic mass is 35.5. The molecule has 1 atom stereocenters. The second-order valence-corrected chi connectivity index (χ2v) is 8.57. The van der Waals surface area contributed by atoms with E-state index in [2.05, 4.69) is 9.97 Å². The van der Waals surface area contributed by atoms with Crippen molar-refractivity contribution in [3.63, 3.8) is 0 Å². The van der Waals surface area contributed by atoms with E-state index in [4.69, 9.17) is 16.3 Å². The first kappa shape index (κ1) is 18.1. The minimum absolute atomic E-state index is 0.00253. The van der Waals surface area contributed by atoms with Crippen LogP contribution in [0.5, 0.6) is 6.01 Å². The van der Waals surface area contributed by atoms with Gasteiger partial charge in [0, 0.05) is 6.54 Å². The van der Waals surface area contributed by atoms with E-state index in [0.29, 0.717) is 18.1 Å². The van der Waals surface area contributed by atoms with Gasteiger partial charge in [0.15, 0.2) is 0 Å². The molecule has 0 spiro atoms. The molecule has 0 radical (unpaired) electrons. The van der Waals surface area contributed by atoms with Gasteiger partial charge in [0.05, 0.1) is 29.7 Å². The molecular weight excluding hydrogens is 362 g/mol. The molecule has 0 aliphatic carbocycles. The van der Waals surface area contributed by atoms with E-state index in [1.807, 2.05) is 31.2 Å². The van der Waals surface area contributed by atoms with Crippen LogP contribution in [-0.2, 0) is 15.8 Å². The Morgan fingerprint density at radius 2 is 1.92 bits per heavy atom. The van der Waals surface area contributed by atoms with E-state index in [1.165, 1.54) is 16.7 Å². The summed E-state index contributed by atoms with van der Waals surface area (Å²) in [4.78, 5) is 8.00. The van der Waals surface area contributed by atoms with Gasteiger partial charge in [-0.05, 0) is 25.3 Å². The summed E-state index contributed by atoms with van der Waals surface area (Å²) < 4.78 is 32.6. The van der Waals surface area contributed by atoms with Crippen LogP contribution in [0.25, 0.3) is 0 Å². The minimum Gasteiger partial charge on any atom is -0.459 e. The summed E-state index contributed by atoms with van der Waals surface area (Å²) in [5.74, 6) is -0.00253. The molecule has 1 aliphatic rings. The maximum atomic E-state index is 12.7. The second-order valence-electron chi connectivity index (χ2n) is 6.17. The quantitative estimate of drug-likeness (QED) is 0.796. The summed E-state index contributed by atoms with van der Waals surface area (Å²) in [5, 5.41) is 0.429. The Balaban J connectivity index is 1.65. The molecule has 1 fully saturated rings. The fourth-order valence-corrected chi connectivity index (χ4v) is 4.44. The third kappa shape index (κ3) is 4.90. The van der Waals surface area contributed by atoms with Crippen LogP contribution in [0.3, 0.4) is 0 Å². The molecule has 2 heterocycles. The average molecular weight is 382 g/mol. The summed E-state index contributed by atoms with van der Waals surface area (Å²) in [7, 11) is -3.39. The standard InChI is InChI=1S/C17H20ClN3O3S/c1-13-4-6-14(7-5-13)12-25(22,23)21-8-2-3-16(11-21)24-17-19-9-15(18)10-20-17/h4-7,9-10,16H,2-3,8,11-12H2,1H3. The summed E-state index contributed by atoms with van der Waals surface area (Å²) in [6.45, 7) is 2.79. The van der Waals surface area contributed by atoms with Gasteiger partial charge in [-0.25, -0.2) is 18.4 Å². The summed E-state index contributed by atoms with van der Waals surface area (Å²) in [6, 6.07) is 7.77. The van der Waals surface area contributed by atoms with E-state index >= 15 is 0 Å². The SMILES string of the molecule is Cc1ccc(CS(=O)(=O)N2CCCC(Oc3ncc(Cl)cn3)C2)cc1. The predicted octanol–water partition coefficient (Wildman–Crippen LogP) is 2.81. The Morgan fingerprint density at radius 3 is 2.60 bits per heavy atom. The molecule has 25 heavy (non-hydrogen) atoms. The lowest BCUT2D eigenvalue weighted by molar-refractivity contribution is 0.119. The molecule has 0 amide bonds. The van der Waals surface area contributed by atoms with E-state index in [9.17, 15) is 8.42 Å². The number of sulfonamides is 1. The topological polar surface area (TPSA) is 72.4 Å². The lowest BCUT2D eigenvalue weighted by Crippen LogP contribution is -2.44. The number of rotatable bonds is 5. The molecule has 2 aromatic rings. The second kappa shape index (κ2) is 7.68. The minimum atomic E-state index is -3.39. The zero-order chi connectivity index (χ0) is 17.9. The number of piperidine rings is 1. The van der Waals surface area contributed by atoms with Crippen molar-refractivity contribution in [2.45, 2.75) is 31.6 Å². The maximum Gasteiger partial charge on any atom is 0.316 e. The highest BCUT2D eigenvalue weighted by Gasteiger charge is 2.30. The predicted molar refractivity (Wildman–Crippen MR) is 96.1 cm³/mol. The van der Waals surface area contributed by atoms with Gasteiger partial charge in [-0.2, -0.15) is 4.31 Å². The van der Waals surface area contributed by atoms with Gasteiger partial charge in [0.2, 0.25) is 10.0 Å². The molecule has 1 aromatic carbocycles. The third-order valence-corrected chi connectivity index (χ3v) is 6.08.